The lowest BCUT2D eigenvalue weighted by atomic mass is 9.99. The van der Waals surface area contributed by atoms with Crippen molar-refractivity contribution < 1.29 is 9.90 Å². The molecule has 0 aliphatic carbocycles. The standard InChI is InChI=1S/C7H13NO2/c1-5-3-8(2)4-6(5)7(9)10/h5-6H,3-4H2,1-2H3,(H,9,10)/t5-,6-/m1/s1. The summed E-state index contributed by atoms with van der Waals surface area (Å²) < 4.78 is 0. The summed E-state index contributed by atoms with van der Waals surface area (Å²) in [4.78, 5) is 12.6. The first-order valence-corrected chi connectivity index (χ1v) is 3.52. The molecule has 0 amide bonds. The van der Waals surface area contributed by atoms with Crippen molar-refractivity contribution in [2.24, 2.45) is 11.8 Å². The van der Waals surface area contributed by atoms with E-state index in [9.17, 15) is 4.79 Å². The summed E-state index contributed by atoms with van der Waals surface area (Å²) in [5.41, 5.74) is 0. The van der Waals surface area contributed by atoms with E-state index in [1.165, 1.54) is 0 Å². The van der Waals surface area contributed by atoms with E-state index in [1.807, 2.05) is 14.0 Å². The highest BCUT2D eigenvalue weighted by atomic mass is 16.4. The van der Waals surface area contributed by atoms with Crippen LogP contribution < -0.4 is 0 Å². The van der Waals surface area contributed by atoms with Gasteiger partial charge in [-0.25, -0.2) is 0 Å². The SMILES string of the molecule is C[C@@H]1CN(C)C[C@H]1C(=O)O. The molecule has 0 saturated carbocycles. The highest BCUT2D eigenvalue weighted by molar-refractivity contribution is 5.71. The maximum atomic E-state index is 10.5. The lowest BCUT2D eigenvalue weighted by Crippen LogP contribution is -2.20. The number of hydrogen-bond donors (Lipinski definition) is 1. The monoisotopic (exact) mass is 143 g/mol. The van der Waals surface area contributed by atoms with E-state index >= 15 is 0 Å². The molecule has 1 fully saturated rings. The molecule has 1 saturated heterocycles. The van der Waals surface area contributed by atoms with Crippen molar-refractivity contribution in [2.45, 2.75) is 6.92 Å². The van der Waals surface area contributed by atoms with E-state index in [4.69, 9.17) is 5.11 Å². The van der Waals surface area contributed by atoms with Crippen LogP contribution in [0, 0.1) is 11.8 Å². The molecule has 1 N–H and O–H groups in total. The maximum absolute atomic E-state index is 10.5. The lowest BCUT2D eigenvalue weighted by molar-refractivity contribution is -0.142. The number of likely N-dealkylation sites (tertiary alicyclic amines) is 1. The van der Waals surface area contributed by atoms with Crippen LogP contribution in [0.25, 0.3) is 0 Å². The second kappa shape index (κ2) is 2.58. The summed E-state index contributed by atoms with van der Waals surface area (Å²) in [5, 5.41) is 8.67. The van der Waals surface area contributed by atoms with Crippen LogP contribution in [-0.2, 0) is 4.79 Å². The molecule has 0 aromatic carbocycles. The fraction of sp³-hybridized carbons (Fsp3) is 0.857. The fourth-order valence-corrected chi connectivity index (χ4v) is 1.53. The zero-order valence-electron chi connectivity index (χ0n) is 6.37. The van der Waals surface area contributed by atoms with Crippen LogP contribution in [0.4, 0.5) is 0 Å². The van der Waals surface area contributed by atoms with Crippen LogP contribution in [0.2, 0.25) is 0 Å². The van der Waals surface area contributed by atoms with E-state index in [2.05, 4.69) is 4.90 Å². The summed E-state index contributed by atoms with van der Waals surface area (Å²) in [6.45, 7) is 3.61. The number of carboxylic acid groups (broad SMARTS) is 1. The molecule has 0 unspecified atom stereocenters. The molecule has 58 valence electrons. The quantitative estimate of drug-likeness (QED) is 0.572. The predicted molar refractivity (Wildman–Crippen MR) is 37.8 cm³/mol. The normalized spacial score (nSPS) is 34.6. The number of nitrogens with zero attached hydrogens (tertiary/aromatic N) is 1. The zero-order valence-corrected chi connectivity index (χ0v) is 6.37. The van der Waals surface area contributed by atoms with E-state index in [1.54, 1.807) is 0 Å². The second-order valence-electron chi connectivity index (χ2n) is 3.14. The van der Waals surface area contributed by atoms with Crippen molar-refractivity contribution in [2.75, 3.05) is 20.1 Å². The molecule has 1 heterocycles. The molecule has 2 atom stereocenters. The lowest BCUT2D eigenvalue weighted by Gasteiger charge is -2.06. The van der Waals surface area contributed by atoms with Crippen molar-refractivity contribution in [3.8, 4) is 0 Å². The molecule has 1 aliphatic rings. The molecule has 3 nitrogen and oxygen atoms in total. The van der Waals surface area contributed by atoms with Crippen LogP contribution in [0.3, 0.4) is 0 Å². The Morgan fingerprint density at radius 1 is 1.60 bits per heavy atom. The van der Waals surface area contributed by atoms with Gasteiger partial charge in [0.1, 0.15) is 0 Å². The average molecular weight is 143 g/mol. The van der Waals surface area contributed by atoms with E-state index in [-0.39, 0.29) is 5.92 Å². The molecule has 0 aromatic heterocycles. The molecular formula is C7H13NO2. The topological polar surface area (TPSA) is 40.5 Å². The van der Waals surface area contributed by atoms with Crippen molar-refractivity contribution >= 4 is 5.97 Å². The Bertz CT molecular complexity index is 147. The van der Waals surface area contributed by atoms with Gasteiger partial charge in [0.25, 0.3) is 0 Å². The number of hydrogen-bond acceptors (Lipinski definition) is 2. The fourth-order valence-electron chi connectivity index (χ4n) is 1.53. The van der Waals surface area contributed by atoms with Gasteiger partial charge in [-0.1, -0.05) is 6.92 Å². The summed E-state index contributed by atoms with van der Waals surface area (Å²) in [6, 6.07) is 0. The Labute approximate surface area is 60.6 Å². The first-order chi connectivity index (χ1) is 4.61. The van der Waals surface area contributed by atoms with E-state index in [0.717, 1.165) is 6.54 Å². The minimum absolute atomic E-state index is 0.148. The Balaban J connectivity index is 2.54. The Morgan fingerprint density at radius 3 is 2.40 bits per heavy atom. The van der Waals surface area contributed by atoms with Crippen LogP contribution >= 0.6 is 0 Å². The molecule has 0 radical (unpaired) electrons. The third kappa shape index (κ3) is 1.29. The first-order valence-electron chi connectivity index (χ1n) is 3.52. The van der Waals surface area contributed by atoms with Gasteiger partial charge in [0, 0.05) is 13.1 Å². The third-order valence-electron chi connectivity index (χ3n) is 2.11. The van der Waals surface area contributed by atoms with Crippen molar-refractivity contribution in [1.82, 2.24) is 4.90 Å². The smallest absolute Gasteiger partial charge is 0.308 e. The van der Waals surface area contributed by atoms with Gasteiger partial charge < -0.3 is 10.0 Å². The van der Waals surface area contributed by atoms with Gasteiger partial charge in [0.2, 0.25) is 0 Å². The number of carbonyl (C=O) groups is 1. The summed E-state index contributed by atoms with van der Waals surface area (Å²) in [5.74, 6) is -0.496. The highest BCUT2D eigenvalue weighted by Gasteiger charge is 2.32. The van der Waals surface area contributed by atoms with Crippen molar-refractivity contribution in [3.05, 3.63) is 0 Å². The first kappa shape index (κ1) is 7.54. The van der Waals surface area contributed by atoms with Crippen LogP contribution in [-0.4, -0.2) is 36.1 Å². The molecule has 0 aromatic rings. The van der Waals surface area contributed by atoms with Crippen LogP contribution in [0.15, 0.2) is 0 Å². The van der Waals surface area contributed by atoms with Gasteiger partial charge in [-0.2, -0.15) is 0 Å². The maximum Gasteiger partial charge on any atom is 0.308 e. The molecule has 1 rings (SSSR count). The van der Waals surface area contributed by atoms with Gasteiger partial charge in [0.15, 0.2) is 0 Å². The third-order valence-corrected chi connectivity index (χ3v) is 2.11. The summed E-state index contributed by atoms with van der Waals surface area (Å²) in [6.07, 6.45) is 0. The Hall–Kier alpha value is -0.570. The summed E-state index contributed by atoms with van der Waals surface area (Å²) >= 11 is 0. The zero-order chi connectivity index (χ0) is 7.72. The van der Waals surface area contributed by atoms with E-state index < -0.39 is 5.97 Å². The minimum atomic E-state index is -0.656. The molecule has 0 spiro atoms. The van der Waals surface area contributed by atoms with Gasteiger partial charge in [-0.15, -0.1) is 0 Å². The van der Waals surface area contributed by atoms with E-state index in [0.29, 0.717) is 12.5 Å². The van der Waals surface area contributed by atoms with Crippen LogP contribution in [0.1, 0.15) is 6.92 Å². The second-order valence-corrected chi connectivity index (χ2v) is 3.14. The van der Waals surface area contributed by atoms with Crippen molar-refractivity contribution in [3.63, 3.8) is 0 Å². The molecular weight excluding hydrogens is 130 g/mol. The average Bonchev–Trinajstić information content (AvgIpc) is 2.10. The number of aliphatic carboxylic acids is 1. The molecule has 3 heteroatoms. The van der Waals surface area contributed by atoms with Gasteiger partial charge in [0.05, 0.1) is 5.92 Å². The largest absolute Gasteiger partial charge is 0.481 e. The molecule has 1 aliphatic heterocycles. The predicted octanol–water partition coefficient (Wildman–Crippen LogP) is 0.269. The van der Waals surface area contributed by atoms with Gasteiger partial charge in [-0.05, 0) is 13.0 Å². The highest BCUT2D eigenvalue weighted by Crippen LogP contribution is 2.20. The molecule has 0 bridgehead atoms. The summed E-state index contributed by atoms with van der Waals surface area (Å²) in [7, 11) is 1.96. The van der Waals surface area contributed by atoms with Gasteiger partial charge in [-0.3, -0.25) is 4.79 Å². The van der Waals surface area contributed by atoms with Crippen LogP contribution in [0.5, 0.6) is 0 Å². The van der Waals surface area contributed by atoms with Crippen molar-refractivity contribution in [1.29, 1.82) is 0 Å². The minimum Gasteiger partial charge on any atom is -0.481 e. The molecule has 10 heavy (non-hydrogen) atoms. The Kier molecular flexibility index (Phi) is 1.94. The number of carboxylic acids is 1. The Morgan fingerprint density at radius 2 is 2.20 bits per heavy atom. The number of rotatable bonds is 1. The van der Waals surface area contributed by atoms with Gasteiger partial charge >= 0.3 is 5.97 Å².